The highest BCUT2D eigenvalue weighted by Gasteiger charge is 2.09. The molecule has 1 aromatic heterocycles. The lowest BCUT2D eigenvalue weighted by molar-refractivity contribution is -0.121. The van der Waals surface area contributed by atoms with Gasteiger partial charge in [0.25, 0.3) is 0 Å². The van der Waals surface area contributed by atoms with E-state index in [1.807, 2.05) is 24.4 Å². The van der Waals surface area contributed by atoms with Crippen molar-refractivity contribution in [3.05, 3.63) is 22.4 Å². The van der Waals surface area contributed by atoms with Crippen LogP contribution in [0.4, 0.5) is 0 Å². The first-order valence-electron chi connectivity index (χ1n) is 5.77. The SMILES string of the molecule is C[C@@H](NC(=O)CCCCCN)c1cccs1. The number of nitrogens with two attached hydrogens (primary N) is 1. The van der Waals surface area contributed by atoms with Crippen molar-refractivity contribution in [3.63, 3.8) is 0 Å². The van der Waals surface area contributed by atoms with E-state index in [4.69, 9.17) is 5.73 Å². The third kappa shape index (κ3) is 4.77. The van der Waals surface area contributed by atoms with Crippen molar-refractivity contribution < 1.29 is 4.79 Å². The van der Waals surface area contributed by atoms with E-state index in [1.165, 1.54) is 4.88 Å². The second-order valence-corrected chi connectivity index (χ2v) is 4.88. The van der Waals surface area contributed by atoms with E-state index in [9.17, 15) is 4.79 Å². The minimum absolute atomic E-state index is 0.127. The Morgan fingerprint density at radius 3 is 2.94 bits per heavy atom. The van der Waals surface area contributed by atoms with Gasteiger partial charge in [0.2, 0.25) is 5.91 Å². The fourth-order valence-electron chi connectivity index (χ4n) is 1.53. The second kappa shape index (κ2) is 7.41. The lowest BCUT2D eigenvalue weighted by atomic mass is 10.2. The van der Waals surface area contributed by atoms with Gasteiger partial charge in [-0.2, -0.15) is 0 Å². The molecule has 0 aliphatic carbocycles. The molecule has 90 valence electrons. The normalized spacial score (nSPS) is 12.4. The molecule has 1 aromatic rings. The lowest BCUT2D eigenvalue weighted by Gasteiger charge is -2.11. The van der Waals surface area contributed by atoms with E-state index in [-0.39, 0.29) is 11.9 Å². The third-order valence-electron chi connectivity index (χ3n) is 2.46. The van der Waals surface area contributed by atoms with E-state index >= 15 is 0 Å². The molecule has 0 radical (unpaired) electrons. The Morgan fingerprint density at radius 1 is 1.50 bits per heavy atom. The Balaban J connectivity index is 2.19. The monoisotopic (exact) mass is 240 g/mol. The molecule has 0 spiro atoms. The van der Waals surface area contributed by atoms with Crippen LogP contribution in [0.2, 0.25) is 0 Å². The third-order valence-corrected chi connectivity index (χ3v) is 3.51. The Labute approximate surface area is 101 Å². The minimum atomic E-state index is 0.127. The lowest BCUT2D eigenvalue weighted by Crippen LogP contribution is -2.25. The fraction of sp³-hybridized carbons (Fsp3) is 0.583. The summed E-state index contributed by atoms with van der Waals surface area (Å²) in [6.45, 7) is 2.73. The zero-order valence-electron chi connectivity index (χ0n) is 9.74. The fourth-order valence-corrected chi connectivity index (χ4v) is 2.26. The standard InChI is InChI=1S/C12H20N2OS/c1-10(11-6-5-9-16-11)14-12(15)7-3-2-4-8-13/h5-6,9-10H,2-4,7-8,13H2,1H3,(H,14,15)/t10-/m1/s1. The van der Waals surface area contributed by atoms with E-state index in [0.29, 0.717) is 13.0 Å². The first-order valence-corrected chi connectivity index (χ1v) is 6.65. The molecule has 0 aromatic carbocycles. The summed E-state index contributed by atoms with van der Waals surface area (Å²) in [5.74, 6) is 0.137. The van der Waals surface area contributed by atoms with Crippen LogP contribution >= 0.6 is 11.3 Å². The van der Waals surface area contributed by atoms with Crippen LogP contribution in [0.15, 0.2) is 17.5 Å². The van der Waals surface area contributed by atoms with Gasteiger partial charge in [0.15, 0.2) is 0 Å². The van der Waals surface area contributed by atoms with E-state index in [1.54, 1.807) is 11.3 Å². The largest absolute Gasteiger partial charge is 0.349 e. The summed E-state index contributed by atoms with van der Waals surface area (Å²) in [5, 5.41) is 5.03. The molecule has 16 heavy (non-hydrogen) atoms. The van der Waals surface area contributed by atoms with Crippen LogP contribution in [0.5, 0.6) is 0 Å². The van der Waals surface area contributed by atoms with Crippen molar-refractivity contribution in [1.82, 2.24) is 5.32 Å². The van der Waals surface area contributed by atoms with Crippen molar-refractivity contribution in [3.8, 4) is 0 Å². The molecule has 1 heterocycles. The minimum Gasteiger partial charge on any atom is -0.349 e. The predicted octanol–water partition coefficient (Wildman–Crippen LogP) is 2.44. The molecule has 1 atom stereocenters. The molecule has 0 saturated heterocycles. The van der Waals surface area contributed by atoms with Crippen molar-refractivity contribution in [1.29, 1.82) is 0 Å². The highest BCUT2D eigenvalue weighted by molar-refractivity contribution is 7.10. The average Bonchev–Trinajstić information content (AvgIpc) is 2.77. The smallest absolute Gasteiger partial charge is 0.220 e. The summed E-state index contributed by atoms with van der Waals surface area (Å²) < 4.78 is 0. The van der Waals surface area contributed by atoms with Crippen molar-refractivity contribution >= 4 is 17.2 Å². The van der Waals surface area contributed by atoms with Crippen molar-refractivity contribution in [2.24, 2.45) is 5.73 Å². The number of thiophene rings is 1. The summed E-state index contributed by atoms with van der Waals surface area (Å²) in [6, 6.07) is 4.18. The van der Waals surface area contributed by atoms with E-state index in [2.05, 4.69) is 5.32 Å². The molecule has 4 heteroatoms. The molecule has 1 amide bonds. The van der Waals surface area contributed by atoms with Gasteiger partial charge in [-0.05, 0) is 37.8 Å². The van der Waals surface area contributed by atoms with Gasteiger partial charge in [-0.1, -0.05) is 12.5 Å². The van der Waals surface area contributed by atoms with E-state index < -0.39 is 0 Å². The number of rotatable bonds is 7. The number of hydrogen-bond acceptors (Lipinski definition) is 3. The number of hydrogen-bond donors (Lipinski definition) is 2. The van der Waals surface area contributed by atoms with Crippen LogP contribution in [0.1, 0.15) is 43.5 Å². The van der Waals surface area contributed by atoms with Gasteiger partial charge >= 0.3 is 0 Å². The number of carbonyl (C=O) groups is 1. The number of carbonyl (C=O) groups excluding carboxylic acids is 1. The van der Waals surface area contributed by atoms with Crippen molar-refractivity contribution in [2.45, 2.75) is 38.6 Å². The topological polar surface area (TPSA) is 55.1 Å². The zero-order valence-corrected chi connectivity index (χ0v) is 10.6. The molecule has 0 fully saturated rings. The first kappa shape index (κ1) is 13.2. The van der Waals surface area contributed by atoms with Crippen LogP contribution in [0.3, 0.4) is 0 Å². The maximum Gasteiger partial charge on any atom is 0.220 e. The van der Waals surface area contributed by atoms with Crippen LogP contribution < -0.4 is 11.1 Å². The van der Waals surface area contributed by atoms with Gasteiger partial charge in [0.05, 0.1) is 6.04 Å². The first-order chi connectivity index (χ1) is 7.74. The molecule has 0 aliphatic rings. The molecule has 0 aliphatic heterocycles. The van der Waals surface area contributed by atoms with Gasteiger partial charge in [-0.15, -0.1) is 11.3 Å². The summed E-state index contributed by atoms with van der Waals surface area (Å²) in [4.78, 5) is 12.8. The molecule has 3 N–H and O–H groups in total. The van der Waals surface area contributed by atoms with Crippen LogP contribution in [0, 0.1) is 0 Å². The summed E-state index contributed by atoms with van der Waals surface area (Å²) in [7, 11) is 0. The Bertz CT molecular complexity index is 298. The Hall–Kier alpha value is -0.870. The average molecular weight is 240 g/mol. The molecular weight excluding hydrogens is 220 g/mol. The maximum atomic E-state index is 11.6. The maximum absolute atomic E-state index is 11.6. The van der Waals surface area contributed by atoms with Crippen LogP contribution in [-0.4, -0.2) is 12.5 Å². The molecule has 0 unspecified atom stereocenters. The van der Waals surface area contributed by atoms with Gasteiger partial charge < -0.3 is 11.1 Å². The number of nitrogens with one attached hydrogen (secondary N) is 1. The second-order valence-electron chi connectivity index (χ2n) is 3.90. The van der Waals surface area contributed by atoms with Gasteiger partial charge in [-0.3, -0.25) is 4.79 Å². The highest BCUT2D eigenvalue weighted by atomic mass is 32.1. The van der Waals surface area contributed by atoms with E-state index in [0.717, 1.165) is 19.3 Å². The van der Waals surface area contributed by atoms with Crippen LogP contribution in [-0.2, 0) is 4.79 Å². The predicted molar refractivity (Wildman–Crippen MR) is 68.4 cm³/mol. The zero-order chi connectivity index (χ0) is 11.8. The molecule has 0 saturated carbocycles. The Morgan fingerprint density at radius 2 is 2.31 bits per heavy atom. The summed E-state index contributed by atoms with van der Waals surface area (Å²) in [5.41, 5.74) is 5.39. The molecule has 3 nitrogen and oxygen atoms in total. The molecular formula is C12H20N2OS. The van der Waals surface area contributed by atoms with Gasteiger partial charge in [-0.25, -0.2) is 0 Å². The highest BCUT2D eigenvalue weighted by Crippen LogP contribution is 2.18. The van der Waals surface area contributed by atoms with Gasteiger partial charge in [0, 0.05) is 11.3 Å². The van der Waals surface area contributed by atoms with Gasteiger partial charge in [0.1, 0.15) is 0 Å². The molecule has 1 rings (SSSR count). The number of unbranched alkanes of at least 4 members (excludes halogenated alkanes) is 2. The number of amides is 1. The molecule has 0 bridgehead atoms. The Kier molecular flexibility index (Phi) is 6.11. The quantitative estimate of drug-likeness (QED) is 0.719. The van der Waals surface area contributed by atoms with Crippen LogP contribution in [0.25, 0.3) is 0 Å². The van der Waals surface area contributed by atoms with Crippen molar-refractivity contribution in [2.75, 3.05) is 6.54 Å². The summed E-state index contributed by atoms with van der Waals surface area (Å²) >= 11 is 1.67. The summed E-state index contributed by atoms with van der Waals surface area (Å²) in [6.07, 6.45) is 3.58.